The van der Waals surface area contributed by atoms with Gasteiger partial charge in [0, 0.05) is 19.6 Å². The quantitative estimate of drug-likeness (QED) is 0.256. The van der Waals surface area contributed by atoms with E-state index in [-0.39, 0.29) is 35.9 Å². The van der Waals surface area contributed by atoms with Gasteiger partial charge >= 0.3 is 5.97 Å². The van der Waals surface area contributed by atoms with Crippen LogP contribution in [-0.4, -0.2) is 68.1 Å². The zero-order valence-electron chi connectivity index (χ0n) is 19.3. The van der Waals surface area contributed by atoms with Crippen molar-refractivity contribution in [3.05, 3.63) is 35.9 Å². The molecular formula is C24H39IN4O2. The van der Waals surface area contributed by atoms with Crippen molar-refractivity contribution in [2.75, 3.05) is 46.4 Å². The summed E-state index contributed by atoms with van der Waals surface area (Å²) in [5, 5.41) is 3.47. The smallest absolute Gasteiger partial charge is 0.308 e. The third kappa shape index (κ3) is 7.34. The number of nitrogens with zero attached hydrogens (tertiary/aromatic N) is 3. The van der Waals surface area contributed by atoms with Crippen LogP contribution in [0.4, 0.5) is 0 Å². The number of aliphatic imine (C=N–C) groups is 1. The Hall–Kier alpha value is -1.35. The minimum atomic E-state index is -0.0833. The topological polar surface area (TPSA) is 57.2 Å². The monoisotopic (exact) mass is 542 g/mol. The lowest BCUT2D eigenvalue weighted by Crippen LogP contribution is -2.47. The molecule has 2 saturated heterocycles. The van der Waals surface area contributed by atoms with Crippen LogP contribution >= 0.6 is 24.0 Å². The number of halogens is 1. The second-order valence-corrected chi connectivity index (χ2v) is 8.62. The van der Waals surface area contributed by atoms with Crippen LogP contribution < -0.4 is 5.32 Å². The number of esters is 1. The fourth-order valence-corrected chi connectivity index (χ4v) is 4.54. The van der Waals surface area contributed by atoms with E-state index in [0.717, 1.165) is 64.0 Å². The molecule has 1 unspecified atom stereocenters. The first-order chi connectivity index (χ1) is 14.6. The van der Waals surface area contributed by atoms with E-state index in [4.69, 9.17) is 9.73 Å². The average Bonchev–Trinajstić information content (AvgIpc) is 2.80. The highest BCUT2D eigenvalue weighted by atomic mass is 127. The molecule has 7 heteroatoms. The van der Waals surface area contributed by atoms with Crippen LogP contribution in [0.15, 0.2) is 35.3 Å². The van der Waals surface area contributed by atoms with Gasteiger partial charge in [0.1, 0.15) is 0 Å². The summed E-state index contributed by atoms with van der Waals surface area (Å²) in [4.78, 5) is 21.8. The first kappa shape index (κ1) is 25.9. The lowest BCUT2D eigenvalue weighted by molar-refractivity contribution is -0.146. The summed E-state index contributed by atoms with van der Waals surface area (Å²) in [6.45, 7) is 10.00. The van der Waals surface area contributed by atoms with E-state index < -0.39 is 0 Å². The SMILES string of the molecule is CCNC(=NCC(c1ccccc1)N1CCC(C)CC1)N1CCC(C(=O)OC)CC1.I. The van der Waals surface area contributed by atoms with Gasteiger partial charge in [0.15, 0.2) is 5.96 Å². The van der Waals surface area contributed by atoms with Crippen molar-refractivity contribution in [1.82, 2.24) is 15.1 Å². The van der Waals surface area contributed by atoms with Crippen LogP contribution in [0.2, 0.25) is 0 Å². The average molecular weight is 543 g/mol. The first-order valence-electron chi connectivity index (χ1n) is 11.5. The van der Waals surface area contributed by atoms with Gasteiger partial charge in [-0.1, -0.05) is 37.3 Å². The maximum absolute atomic E-state index is 11.8. The van der Waals surface area contributed by atoms with E-state index in [1.54, 1.807) is 0 Å². The Kier molecular flexibility index (Phi) is 11.1. The van der Waals surface area contributed by atoms with Crippen molar-refractivity contribution in [1.29, 1.82) is 0 Å². The summed E-state index contributed by atoms with van der Waals surface area (Å²) in [5.41, 5.74) is 1.34. The fourth-order valence-electron chi connectivity index (χ4n) is 4.54. The molecule has 2 fully saturated rings. The molecular weight excluding hydrogens is 503 g/mol. The second-order valence-electron chi connectivity index (χ2n) is 8.62. The number of benzene rings is 1. The number of rotatable bonds is 6. The van der Waals surface area contributed by atoms with E-state index >= 15 is 0 Å². The summed E-state index contributed by atoms with van der Waals surface area (Å²) in [6, 6.07) is 11.1. The highest BCUT2D eigenvalue weighted by Gasteiger charge is 2.28. The van der Waals surface area contributed by atoms with Crippen molar-refractivity contribution < 1.29 is 9.53 Å². The Balaban J connectivity index is 0.00000341. The van der Waals surface area contributed by atoms with E-state index in [0.29, 0.717) is 6.04 Å². The molecule has 0 saturated carbocycles. The number of carbonyl (C=O) groups excluding carboxylic acids is 1. The normalized spacial score (nSPS) is 20.1. The molecule has 0 bridgehead atoms. The number of nitrogens with one attached hydrogen (secondary N) is 1. The molecule has 2 heterocycles. The van der Waals surface area contributed by atoms with E-state index in [2.05, 4.69) is 59.3 Å². The van der Waals surface area contributed by atoms with Crippen LogP contribution in [0, 0.1) is 11.8 Å². The minimum Gasteiger partial charge on any atom is -0.469 e. The molecule has 0 amide bonds. The molecule has 1 atom stereocenters. The van der Waals surface area contributed by atoms with Gasteiger partial charge in [-0.05, 0) is 57.2 Å². The molecule has 2 aliphatic rings. The van der Waals surface area contributed by atoms with Crippen molar-refractivity contribution in [3.63, 3.8) is 0 Å². The van der Waals surface area contributed by atoms with Crippen LogP contribution in [-0.2, 0) is 9.53 Å². The molecule has 6 nitrogen and oxygen atoms in total. The minimum absolute atomic E-state index is 0. The molecule has 1 N–H and O–H groups in total. The maximum Gasteiger partial charge on any atom is 0.308 e. The Morgan fingerprint density at radius 1 is 1.13 bits per heavy atom. The Bertz CT molecular complexity index is 684. The van der Waals surface area contributed by atoms with E-state index in [1.807, 2.05) is 0 Å². The van der Waals surface area contributed by atoms with Gasteiger partial charge in [-0.3, -0.25) is 14.7 Å². The molecule has 1 aromatic rings. The van der Waals surface area contributed by atoms with Crippen LogP contribution in [0.1, 0.15) is 51.1 Å². The second kappa shape index (κ2) is 13.3. The van der Waals surface area contributed by atoms with E-state index in [1.165, 1.54) is 25.5 Å². The van der Waals surface area contributed by atoms with Crippen LogP contribution in [0.25, 0.3) is 0 Å². The first-order valence-corrected chi connectivity index (χ1v) is 11.5. The lowest BCUT2D eigenvalue weighted by atomic mass is 9.96. The largest absolute Gasteiger partial charge is 0.469 e. The zero-order valence-corrected chi connectivity index (χ0v) is 21.6. The predicted molar refractivity (Wildman–Crippen MR) is 137 cm³/mol. The third-order valence-corrected chi connectivity index (χ3v) is 6.52. The molecule has 0 spiro atoms. The highest BCUT2D eigenvalue weighted by molar-refractivity contribution is 14.0. The summed E-state index contributed by atoms with van der Waals surface area (Å²) < 4.78 is 4.93. The molecule has 0 radical (unpaired) electrons. The van der Waals surface area contributed by atoms with Gasteiger partial charge in [0.25, 0.3) is 0 Å². The summed E-state index contributed by atoms with van der Waals surface area (Å²) in [7, 11) is 1.48. The number of hydrogen-bond acceptors (Lipinski definition) is 4. The molecule has 0 aromatic heterocycles. The van der Waals surface area contributed by atoms with Crippen molar-refractivity contribution in [2.45, 2.75) is 45.6 Å². The maximum atomic E-state index is 11.8. The number of piperidine rings is 2. The van der Waals surface area contributed by atoms with Gasteiger partial charge in [-0.2, -0.15) is 0 Å². The van der Waals surface area contributed by atoms with Gasteiger partial charge in [0.05, 0.1) is 25.6 Å². The highest BCUT2D eigenvalue weighted by Crippen LogP contribution is 2.27. The molecule has 0 aliphatic carbocycles. The third-order valence-electron chi connectivity index (χ3n) is 6.52. The molecule has 174 valence electrons. The zero-order chi connectivity index (χ0) is 21.3. The fraction of sp³-hybridized carbons (Fsp3) is 0.667. The Morgan fingerprint density at radius 3 is 2.35 bits per heavy atom. The summed E-state index contributed by atoms with van der Waals surface area (Å²) in [6.07, 6.45) is 4.16. The van der Waals surface area contributed by atoms with Gasteiger partial charge < -0.3 is 15.0 Å². The Labute approximate surface area is 204 Å². The summed E-state index contributed by atoms with van der Waals surface area (Å²) >= 11 is 0. The van der Waals surface area contributed by atoms with Crippen molar-refractivity contribution in [2.24, 2.45) is 16.8 Å². The number of guanidine groups is 1. The number of methoxy groups -OCH3 is 1. The van der Waals surface area contributed by atoms with Gasteiger partial charge in [0.2, 0.25) is 0 Å². The van der Waals surface area contributed by atoms with Crippen molar-refractivity contribution in [3.8, 4) is 0 Å². The number of carbonyl (C=O) groups is 1. The lowest BCUT2D eigenvalue weighted by Gasteiger charge is -2.37. The molecule has 1 aromatic carbocycles. The predicted octanol–water partition coefficient (Wildman–Crippen LogP) is 3.93. The van der Waals surface area contributed by atoms with Crippen LogP contribution in [0.3, 0.4) is 0 Å². The van der Waals surface area contributed by atoms with Gasteiger partial charge in [-0.25, -0.2) is 0 Å². The summed E-state index contributed by atoms with van der Waals surface area (Å²) in [5.74, 6) is 1.71. The number of ether oxygens (including phenoxy) is 1. The van der Waals surface area contributed by atoms with Crippen molar-refractivity contribution >= 4 is 35.9 Å². The molecule has 2 aliphatic heterocycles. The Morgan fingerprint density at radius 2 is 1.77 bits per heavy atom. The van der Waals surface area contributed by atoms with Crippen LogP contribution in [0.5, 0.6) is 0 Å². The van der Waals surface area contributed by atoms with E-state index in [9.17, 15) is 4.79 Å². The molecule has 3 rings (SSSR count). The standard InChI is InChI=1S/C24H38N4O2.HI/c1-4-25-24(28-16-12-21(13-17-28)23(29)30-3)26-18-22(20-8-6-5-7-9-20)27-14-10-19(2)11-15-27;/h5-9,19,21-22H,4,10-18H2,1-3H3,(H,25,26);1H. The molecule has 31 heavy (non-hydrogen) atoms. The van der Waals surface area contributed by atoms with Gasteiger partial charge in [-0.15, -0.1) is 24.0 Å². The number of likely N-dealkylation sites (tertiary alicyclic amines) is 2. The number of hydrogen-bond donors (Lipinski definition) is 1.